The second kappa shape index (κ2) is 6.33. The van der Waals surface area contributed by atoms with Gasteiger partial charge in [-0.1, -0.05) is 41.2 Å². The number of thiazole rings is 1. The van der Waals surface area contributed by atoms with Crippen molar-refractivity contribution in [1.82, 2.24) is 4.98 Å². The molecule has 3 aromatic rings. The number of hydrogen-bond acceptors (Lipinski definition) is 6. The maximum Gasteiger partial charge on any atom is 0.307 e. The summed E-state index contributed by atoms with van der Waals surface area (Å²) in [5.74, 6) is -0.466. The molecule has 0 aliphatic carbocycles. The molecule has 8 heteroatoms. The molecule has 1 aliphatic rings. The monoisotopic (exact) mass is 398 g/mol. The average molecular weight is 398 g/mol. The molecule has 0 spiro atoms. The quantitative estimate of drug-likeness (QED) is 0.700. The number of fused-ring (bicyclic) bond motifs is 1. The lowest BCUT2D eigenvalue weighted by atomic mass is 10.2. The van der Waals surface area contributed by atoms with E-state index in [-0.39, 0.29) is 14.7 Å². The number of hydrogen-bond donors (Lipinski definition) is 2. The molecule has 2 N–H and O–H groups in total. The minimum atomic E-state index is -4.02. The SMILES string of the molecule is Cc1ccc(S(=O)(=O)C(c2sc(=O)[nH]c2O)=c2cccc3c2=CC=N3)cc1. The van der Waals surface area contributed by atoms with E-state index in [0.29, 0.717) is 27.5 Å². The van der Waals surface area contributed by atoms with Gasteiger partial charge in [0.15, 0.2) is 0 Å². The van der Waals surface area contributed by atoms with Crippen LogP contribution in [0.25, 0.3) is 11.0 Å². The first-order chi connectivity index (χ1) is 12.9. The predicted octanol–water partition coefficient (Wildman–Crippen LogP) is 1.58. The minimum absolute atomic E-state index is 0.0192. The molecule has 27 heavy (non-hydrogen) atoms. The van der Waals surface area contributed by atoms with Crippen molar-refractivity contribution in [3.05, 3.63) is 73.0 Å². The van der Waals surface area contributed by atoms with Gasteiger partial charge in [0.25, 0.3) is 0 Å². The molecule has 0 amide bonds. The molecule has 136 valence electrons. The van der Waals surface area contributed by atoms with Gasteiger partial charge in [-0.15, -0.1) is 0 Å². The van der Waals surface area contributed by atoms with E-state index in [2.05, 4.69) is 9.98 Å². The lowest BCUT2D eigenvalue weighted by molar-refractivity contribution is 0.454. The van der Waals surface area contributed by atoms with Gasteiger partial charge in [-0.05, 0) is 31.2 Å². The Bertz CT molecular complexity index is 1360. The molecule has 2 heterocycles. The molecule has 4 rings (SSSR count). The van der Waals surface area contributed by atoms with Crippen LogP contribution in [0.15, 0.2) is 57.1 Å². The number of benzene rings is 2. The van der Waals surface area contributed by atoms with E-state index in [1.807, 2.05) is 6.92 Å². The van der Waals surface area contributed by atoms with Gasteiger partial charge in [0.05, 0.1) is 10.6 Å². The number of aromatic hydroxyl groups is 1. The number of aromatic nitrogens is 1. The minimum Gasteiger partial charge on any atom is -0.493 e. The van der Waals surface area contributed by atoms with Crippen molar-refractivity contribution in [3.63, 3.8) is 0 Å². The Morgan fingerprint density at radius 1 is 1.15 bits per heavy atom. The van der Waals surface area contributed by atoms with Crippen molar-refractivity contribution in [2.75, 3.05) is 0 Å². The van der Waals surface area contributed by atoms with Crippen LogP contribution in [0, 0.1) is 6.92 Å². The van der Waals surface area contributed by atoms with Crippen molar-refractivity contribution in [1.29, 1.82) is 0 Å². The molecule has 0 bridgehead atoms. The Morgan fingerprint density at radius 3 is 2.56 bits per heavy atom. The fourth-order valence-corrected chi connectivity index (χ4v) is 5.61. The topological polar surface area (TPSA) is 99.6 Å². The summed E-state index contributed by atoms with van der Waals surface area (Å²) in [5, 5.41) is 11.2. The normalized spacial score (nSPS) is 14.0. The Balaban J connectivity index is 2.16. The number of aryl methyl sites for hydroxylation is 1. The van der Waals surface area contributed by atoms with Crippen LogP contribution in [0.5, 0.6) is 5.88 Å². The number of H-pyrrole nitrogens is 1. The maximum absolute atomic E-state index is 13.5. The second-order valence-corrected chi connectivity index (χ2v) is 8.89. The van der Waals surface area contributed by atoms with E-state index < -0.39 is 20.6 Å². The van der Waals surface area contributed by atoms with Crippen LogP contribution in [-0.2, 0) is 9.84 Å². The second-order valence-electron chi connectivity index (χ2n) is 6.02. The highest BCUT2D eigenvalue weighted by atomic mass is 32.2. The van der Waals surface area contributed by atoms with Crippen molar-refractivity contribution in [3.8, 4) is 5.88 Å². The molecule has 2 aromatic carbocycles. The van der Waals surface area contributed by atoms with Gasteiger partial charge >= 0.3 is 4.87 Å². The summed E-state index contributed by atoms with van der Waals surface area (Å²) in [4.78, 5) is 17.6. The largest absolute Gasteiger partial charge is 0.493 e. The molecular formula is C19H14N2O4S2. The number of sulfone groups is 1. The highest BCUT2D eigenvalue weighted by Crippen LogP contribution is 2.32. The number of nitrogens with zero attached hydrogens (tertiary/aromatic N) is 1. The number of aromatic amines is 1. The average Bonchev–Trinajstić information content (AvgIpc) is 3.22. The number of nitrogens with one attached hydrogen (secondary N) is 1. The zero-order chi connectivity index (χ0) is 19.2. The zero-order valence-electron chi connectivity index (χ0n) is 14.1. The standard InChI is InChI=1S/C19H14N2O4S2/c1-11-5-7-12(8-6-11)27(24,25)17(16-18(22)21-19(23)26-16)14-3-2-4-15-13(14)9-10-20-15/h2-10,22H,1H3,(H,21,23). The van der Waals surface area contributed by atoms with Gasteiger partial charge in [0.1, 0.15) is 9.78 Å². The first-order valence-corrected chi connectivity index (χ1v) is 10.3. The fraction of sp³-hybridized carbons (Fsp3) is 0.0526. The van der Waals surface area contributed by atoms with Gasteiger partial charge in [-0.2, -0.15) is 0 Å². The van der Waals surface area contributed by atoms with E-state index in [1.165, 1.54) is 12.1 Å². The summed E-state index contributed by atoms with van der Waals surface area (Å²) in [5.41, 5.74) is 1.55. The fourth-order valence-electron chi connectivity index (χ4n) is 2.93. The van der Waals surface area contributed by atoms with Crippen LogP contribution in [-0.4, -0.2) is 24.7 Å². The van der Waals surface area contributed by atoms with Crippen LogP contribution in [0.4, 0.5) is 5.69 Å². The van der Waals surface area contributed by atoms with Crippen LogP contribution in [0.1, 0.15) is 10.4 Å². The van der Waals surface area contributed by atoms with Crippen LogP contribution < -0.4 is 15.3 Å². The van der Waals surface area contributed by atoms with Gasteiger partial charge < -0.3 is 5.11 Å². The molecule has 0 atom stereocenters. The van der Waals surface area contributed by atoms with Crippen LogP contribution >= 0.6 is 11.3 Å². The summed E-state index contributed by atoms with van der Waals surface area (Å²) in [6.45, 7) is 1.86. The summed E-state index contributed by atoms with van der Waals surface area (Å²) in [6, 6.07) is 11.6. The molecular weight excluding hydrogens is 384 g/mol. The van der Waals surface area contributed by atoms with Crippen LogP contribution in [0.2, 0.25) is 0 Å². The highest BCUT2D eigenvalue weighted by Gasteiger charge is 2.28. The van der Waals surface area contributed by atoms with Crippen molar-refractivity contribution >= 4 is 44.1 Å². The Hall–Kier alpha value is -2.97. The number of aliphatic imine (C=N–C) groups is 1. The third kappa shape index (κ3) is 2.92. The molecule has 1 aromatic heterocycles. The summed E-state index contributed by atoms with van der Waals surface area (Å²) in [7, 11) is -4.02. The van der Waals surface area contributed by atoms with Crippen molar-refractivity contribution < 1.29 is 13.5 Å². The zero-order valence-corrected chi connectivity index (χ0v) is 15.8. The van der Waals surface area contributed by atoms with Gasteiger partial charge in [-0.3, -0.25) is 14.8 Å². The molecule has 0 unspecified atom stereocenters. The van der Waals surface area contributed by atoms with Gasteiger partial charge in [0, 0.05) is 16.7 Å². The van der Waals surface area contributed by atoms with Crippen molar-refractivity contribution in [2.45, 2.75) is 11.8 Å². The molecule has 0 saturated heterocycles. The van der Waals surface area contributed by atoms with Gasteiger partial charge in [-0.25, -0.2) is 8.42 Å². The summed E-state index contributed by atoms with van der Waals surface area (Å²) in [6.07, 6.45) is 3.30. The smallest absolute Gasteiger partial charge is 0.307 e. The third-order valence-corrected chi connectivity index (χ3v) is 7.09. The predicted molar refractivity (Wildman–Crippen MR) is 106 cm³/mol. The van der Waals surface area contributed by atoms with Crippen LogP contribution in [0.3, 0.4) is 0 Å². The Kier molecular flexibility index (Phi) is 4.09. The first kappa shape index (κ1) is 17.4. The molecule has 1 aliphatic heterocycles. The molecule has 6 nitrogen and oxygen atoms in total. The molecule has 0 saturated carbocycles. The third-order valence-electron chi connectivity index (χ3n) is 4.22. The molecule has 0 fully saturated rings. The van der Waals surface area contributed by atoms with E-state index in [1.54, 1.807) is 42.6 Å². The van der Waals surface area contributed by atoms with Gasteiger partial charge in [0.2, 0.25) is 15.7 Å². The Labute approximate surface area is 158 Å². The maximum atomic E-state index is 13.5. The molecule has 0 radical (unpaired) electrons. The van der Waals surface area contributed by atoms with E-state index in [0.717, 1.165) is 5.56 Å². The summed E-state index contributed by atoms with van der Waals surface area (Å²) >= 11 is 0.655. The van der Waals surface area contributed by atoms with E-state index >= 15 is 0 Å². The summed E-state index contributed by atoms with van der Waals surface area (Å²) < 4.78 is 27.0. The lowest BCUT2D eigenvalue weighted by Crippen LogP contribution is -2.29. The highest BCUT2D eigenvalue weighted by molar-refractivity contribution is 8.00. The van der Waals surface area contributed by atoms with E-state index in [4.69, 9.17) is 0 Å². The number of rotatable bonds is 3. The Morgan fingerprint density at radius 2 is 1.89 bits per heavy atom. The first-order valence-electron chi connectivity index (χ1n) is 8.00. The lowest BCUT2D eigenvalue weighted by Gasteiger charge is -2.09. The van der Waals surface area contributed by atoms with Crippen molar-refractivity contribution in [2.24, 2.45) is 4.99 Å². The van der Waals surface area contributed by atoms with E-state index in [9.17, 15) is 18.3 Å².